The third-order valence-electron chi connectivity index (χ3n) is 2.74. The van der Waals surface area contributed by atoms with Crippen molar-refractivity contribution in [2.45, 2.75) is 6.92 Å². The molecule has 0 radical (unpaired) electrons. The minimum Gasteiger partial charge on any atom is -0.452 e. The van der Waals surface area contributed by atoms with E-state index in [9.17, 15) is 14.0 Å². The minimum absolute atomic E-state index is 0.0501. The van der Waals surface area contributed by atoms with Crippen molar-refractivity contribution in [1.82, 2.24) is 0 Å². The molecule has 0 bridgehead atoms. The van der Waals surface area contributed by atoms with Crippen molar-refractivity contribution < 1.29 is 18.7 Å². The van der Waals surface area contributed by atoms with Gasteiger partial charge in [0.25, 0.3) is 5.91 Å². The van der Waals surface area contributed by atoms with Crippen LogP contribution in [0.4, 0.5) is 10.1 Å². The maximum absolute atomic E-state index is 13.3. The molecule has 21 heavy (non-hydrogen) atoms. The highest BCUT2D eigenvalue weighted by Gasteiger charge is 2.11. The van der Waals surface area contributed by atoms with Gasteiger partial charge in [-0.05, 0) is 31.2 Å². The minimum atomic E-state index is -0.596. The monoisotopic (exact) mass is 287 g/mol. The Balaban J connectivity index is 1.90. The first-order valence-electron chi connectivity index (χ1n) is 6.34. The second-order valence-corrected chi connectivity index (χ2v) is 4.47. The van der Waals surface area contributed by atoms with Gasteiger partial charge in [0.05, 0.1) is 11.3 Å². The first kappa shape index (κ1) is 14.7. The van der Waals surface area contributed by atoms with E-state index in [4.69, 9.17) is 4.74 Å². The van der Waals surface area contributed by atoms with Crippen molar-refractivity contribution >= 4 is 17.6 Å². The van der Waals surface area contributed by atoms with Crippen LogP contribution in [0.25, 0.3) is 0 Å². The lowest BCUT2D eigenvalue weighted by Crippen LogP contribution is -2.21. The van der Waals surface area contributed by atoms with Crippen LogP contribution in [0, 0.1) is 12.7 Å². The summed E-state index contributed by atoms with van der Waals surface area (Å²) in [4.78, 5) is 23.4. The number of hydrogen-bond donors (Lipinski definition) is 1. The maximum atomic E-state index is 13.3. The van der Waals surface area contributed by atoms with E-state index in [0.717, 1.165) is 5.56 Å². The smallest absolute Gasteiger partial charge is 0.338 e. The van der Waals surface area contributed by atoms with Crippen molar-refractivity contribution in [3.8, 4) is 0 Å². The van der Waals surface area contributed by atoms with E-state index in [-0.39, 0.29) is 5.69 Å². The van der Waals surface area contributed by atoms with E-state index >= 15 is 0 Å². The second-order valence-electron chi connectivity index (χ2n) is 4.47. The van der Waals surface area contributed by atoms with E-state index in [1.807, 2.05) is 13.0 Å². The van der Waals surface area contributed by atoms with E-state index in [1.54, 1.807) is 24.3 Å². The van der Waals surface area contributed by atoms with Crippen molar-refractivity contribution in [3.05, 3.63) is 65.5 Å². The second kappa shape index (κ2) is 6.65. The number of amides is 1. The quantitative estimate of drug-likeness (QED) is 0.880. The Bertz CT molecular complexity index is 670. The summed E-state index contributed by atoms with van der Waals surface area (Å²) in [5.74, 6) is -1.74. The molecule has 0 aliphatic heterocycles. The molecule has 4 nitrogen and oxygen atoms in total. The number of aryl methyl sites for hydroxylation is 1. The number of anilines is 1. The van der Waals surface area contributed by atoms with Gasteiger partial charge in [-0.1, -0.05) is 29.8 Å². The summed E-state index contributed by atoms with van der Waals surface area (Å²) in [6.07, 6.45) is 0. The molecule has 0 aliphatic carbocycles. The van der Waals surface area contributed by atoms with Gasteiger partial charge >= 0.3 is 5.97 Å². The molecule has 1 N–H and O–H groups in total. The fourth-order valence-corrected chi connectivity index (χ4v) is 1.74. The zero-order valence-electron chi connectivity index (χ0n) is 11.4. The summed E-state index contributed by atoms with van der Waals surface area (Å²) >= 11 is 0. The predicted molar refractivity (Wildman–Crippen MR) is 76.5 cm³/mol. The van der Waals surface area contributed by atoms with Crippen LogP contribution in [0.3, 0.4) is 0 Å². The molecule has 2 aromatic carbocycles. The van der Waals surface area contributed by atoms with Gasteiger partial charge in [0.1, 0.15) is 5.82 Å². The molecule has 108 valence electrons. The van der Waals surface area contributed by atoms with E-state index < -0.39 is 24.3 Å². The molecular weight excluding hydrogens is 273 g/mol. The highest BCUT2D eigenvalue weighted by Crippen LogP contribution is 2.12. The lowest BCUT2D eigenvalue weighted by atomic mass is 10.1. The number of halogens is 1. The van der Waals surface area contributed by atoms with Crippen molar-refractivity contribution in [2.75, 3.05) is 11.9 Å². The molecule has 0 spiro atoms. The van der Waals surface area contributed by atoms with E-state index in [1.165, 1.54) is 18.2 Å². The van der Waals surface area contributed by atoms with Crippen LogP contribution in [0.1, 0.15) is 15.9 Å². The Morgan fingerprint density at radius 2 is 1.90 bits per heavy atom. The molecule has 0 saturated heterocycles. The number of benzene rings is 2. The molecule has 0 atom stereocenters. The van der Waals surface area contributed by atoms with Gasteiger partial charge in [-0.3, -0.25) is 4.79 Å². The van der Waals surface area contributed by atoms with Crippen LogP contribution >= 0.6 is 0 Å². The molecule has 2 rings (SSSR count). The lowest BCUT2D eigenvalue weighted by Gasteiger charge is -2.07. The maximum Gasteiger partial charge on any atom is 0.338 e. The standard InChI is InChI=1S/C16H14FNO3/c1-11-5-4-6-12(9-11)16(20)21-10-15(19)18-14-8-3-2-7-13(14)17/h2-9H,10H2,1H3,(H,18,19). The first-order chi connectivity index (χ1) is 10.1. The third-order valence-corrected chi connectivity index (χ3v) is 2.74. The van der Waals surface area contributed by atoms with Crippen molar-refractivity contribution in [3.63, 3.8) is 0 Å². The van der Waals surface area contributed by atoms with Gasteiger partial charge < -0.3 is 10.1 Å². The van der Waals surface area contributed by atoms with Gasteiger partial charge in [-0.2, -0.15) is 0 Å². The van der Waals surface area contributed by atoms with E-state index in [0.29, 0.717) is 5.56 Å². The highest BCUT2D eigenvalue weighted by molar-refractivity contribution is 5.95. The topological polar surface area (TPSA) is 55.4 Å². The van der Waals surface area contributed by atoms with Gasteiger partial charge in [-0.15, -0.1) is 0 Å². The largest absolute Gasteiger partial charge is 0.452 e. The van der Waals surface area contributed by atoms with Gasteiger partial charge in [0.15, 0.2) is 6.61 Å². The fourth-order valence-electron chi connectivity index (χ4n) is 1.74. The summed E-state index contributed by atoms with van der Waals surface area (Å²) in [5.41, 5.74) is 1.34. The molecule has 0 aromatic heterocycles. The number of esters is 1. The van der Waals surface area contributed by atoms with Crippen LogP contribution in [-0.2, 0) is 9.53 Å². The average molecular weight is 287 g/mol. The molecule has 0 unspecified atom stereocenters. The number of para-hydroxylation sites is 1. The summed E-state index contributed by atoms with van der Waals surface area (Å²) in [6, 6.07) is 12.6. The molecule has 0 heterocycles. The Morgan fingerprint density at radius 3 is 2.62 bits per heavy atom. The summed E-state index contributed by atoms with van der Waals surface area (Å²) < 4.78 is 18.2. The molecule has 2 aromatic rings. The zero-order chi connectivity index (χ0) is 15.2. The third kappa shape index (κ3) is 4.14. The van der Waals surface area contributed by atoms with Crippen molar-refractivity contribution in [2.24, 2.45) is 0 Å². The average Bonchev–Trinajstić information content (AvgIpc) is 2.47. The van der Waals surface area contributed by atoms with E-state index in [2.05, 4.69) is 5.32 Å². The number of ether oxygens (including phenoxy) is 1. The van der Waals surface area contributed by atoms with Crippen LogP contribution in [0.15, 0.2) is 48.5 Å². The molecule has 0 aliphatic rings. The van der Waals surface area contributed by atoms with Crippen LogP contribution < -0.4 is 5.32 Å². The Kier molecular flexibility index (Phi) is 4.66. The van der Waals surface area contributed by atoms with Gasteiger partial charge in [0, 0.05) is 0 Å². The van der Waals surface area contributed by atoms with Crippen LogP contribution in [-0.4, -0.2) is 18.5 Å². The molecule has 0 fully saturated rings. The van der Waals surface area contributed by atoms with Gasteiger partial charge in [0.2, 0.25) is 0 Å². The summed E-state index contributed by atoms with van der Waals surface area (Å²) in [6.45, 7) is 1.38. The molecule has 5 heteroatoms. The number of carbonyl (C=O) groups excluding carboxylic acids is 2. The number of nitrogens with one attached hydrogen (secondary N) is 1. The summed E-state index contributed by atoms with van der Waals surface area (Å²) in [5, 5.41) is 2.34. The number of hydrogen-bond acceptors (Lipinski definition) is 3. The Morgan fingerprint density at radius 1 is 1.14 bits per heavy atom. The predicted octanol–water partition coefficient (Wildman–Crippen LogP) is 2.93. The Labute approximate surface area is 121 Å². The Hall–Kier alpha value is -2.69. The van der Waals surface area contributed by atoms with Crippen LogP contribution in [0.5, 0.6) is 0 Å². The molecule has 0 saturated carbocycles. The zero-order valence-corrected chi connectivity index (χ0v) is 11.4. The lowest BCUT2D eigenvalue weighted by molar-refractivity contribution is -0.119. The SMILES string of the molecule is Cc1cccc(C(=O)OCC(=O)Nc2ccccc2F)c1. The van der Waals surface area contributed by atoms with Crippen molar-refractivity contribution in [1.29, 1.82) is 0 Å². The fraction of sp³-hybridized carbons (Fsp3) is 0.125. The molecule has 1 amide bonds. The number of carbonyl (C=O) groups is 2. The first-order valence-corrected chi connectivity index (χ1v) is 6.34. The summed E-state index contributed by atoms with van der Waals surface area (Å²) in [7, 11) is 0. The normalized spacial score (nSPS) is 10.0. The van der Waals surface area contributed by atoms with Crippen LogP contribution in [0.2, 0.25) is 0 Å². The number of rotatable bonds is 4. The molecular formula is C16H14FNO3. The van der Waals surface area contributed by atoms with Gasteiger partial charge in [-0.25, -0.2) is 9.18 Å². The highest BCUT2D eigenvalue weighted by atomic mass is 19.1.